The molecule has 1 saturated heterocycles. The summed E-state index contributed by atoms with van der Waals surface area (Å²) in [5.41, 5.74) is 3.18. The summed E-state index contributed by atoms with van der Waals surface area (Å²) in [5.74, 6) is -0.333. The molecule has 0 aliphatic carbocycles. The summed E-state index contributed by atoms with van der Waals surface area (Å²) in [5, 5.41) is 2.90. The van der Waals surface area contributed by atoms with Crippen molar-refractivity contribution >= 4 is 21.6 Å². The molecular weight excluding hydrogens is 398 g/mol. The minimum absolute atomic E-state index is 0.185. The molecule has 3 rings (SSSR count). The van der Waals surface area contributed by atoms with Gasteiger partial charge in [0, 0.05) is 25.8 Å². The third kappa shape index (κ3) is 5.40. The zero-order valence-corrected chi connectivity index (χ0v) is 18.8. The van der Waals surface area contributed by atoms with Crippen LogP contribution in [0.15, 0.2) is 53.4 Å². The Morgan fingerprint density at radius 3 is 2.23 bits per heavy atom. The van der Waals surface area contributed by atoms with E-state index in [0.29, 0.717) is 0 Å². The van der Waals surface area contributed by atoms with Crippen LogP contribution in [0.25, 0.3) is 0 Å². The Balaban J connectivity index is 1.57. The molecule has 0 radical (unpaired) electrons. The Hall–Kier alpha value is -2.38. The normalized spacial score (nSPS) is 15.8. The van der Waals surface area contributed by atoms with Crippen LogP contribution in [0.3, 0.4) is 0 Å². The van der Waals surface area contributed by atoms with Crippen LogP contribution in [0.2, 0.25) is 0 Å². The summed E-state index contributed by atoms with van der Waals surface area (Å²) in [4.78, 5) is 15.0. The SMILES string of the molecule is Cc1ccc(S(=O)(=O)N(C)CC(=O)NC(C)c2ccc(N3CCCCC3)cc2)cc1. The monoisotopic (exact) mass is 429 g/mol. The van der Waals surface area contributed by atoms with Crippen molar-refractivity contribution in [2.45, 2.75) is 44.0 Å². The molecule has 1 aliphatic rings. The summed E-state index contributed by atoms with van der Waals surface area (Å²) in [6, 6.07) is 14.7. The topological polar surface area (TPSA) is 69.7 Å². The van der Waals surface area contributed by atoms with Gasteiger partial charge in [0.1, 0.15) is 0 Å². The highest BCUT2D eigenvalue weighted by Crippen LogP contribution is 2.22. The summed E-state index contributed by atoms with van der Waals surface area (Å²) >= 11 is 0. The fraction of sp³-hybridized carbons (Fsp3) is 0.435. The number of anilines is 1. The maximum absolute atomic E-state index is 12.7. The lowest BCUT2D eigenvalue weighted by atomic mass is 10.1. The van der Waals surface area contributed by atoms with Crippen LogP contribution in [-0.4, -0.2) is 45.3 Å². The number of amides is 1. The van der Waals surface area contributed by atoms with Gasteiger partial charge in [-0.3, -0.25) is 4.79 Å². The van der Waals surface area contributed by atoms with Gasteiger partial charge in [0.2, 0.25) is 15.9 Å². The largest absolute Gasteiger partial charge is 0.372 e. The van der Waals surface area contributed by atoms with Crippen LogP contribution < -0.4 is 10.2 Å². The van der Waals surface area contributed by atoms with E-state index >= 15 is 0 Å². The Kier molecular flexibility index (Phi) is 7.15. The third-order valence-electron chi connectivity index (χ3n) is 5.59. The first kappa shape index (κ1) is 22.3. The summed E-state index contributed by atoms with van der Waals surface area (Å²) in [6.07, 6.45) is 3.76. The molecule has 30 heavy (non-hydrogen) atoms. The predicted molar refractivity (Wildman–Crippen MR) is 120 cm³/mol. The number of benzene rings is 2. The van der Waals surface area contributed by atoms with Gasteiger partial charge in [-0.15, -0.1) is 0 Å². The van der Waals surface area contributed by atoms with Crippen LogP contribution >= 0.6 is 0 Å². The highest BCUT2D eigenvalue weighted by Gasteiger charge is 2.23. The minimum atomic E-state index is -3.70. The molecule has 2 aromatic carbocycles. The number of carbonyl (C=O) groups excluding carboxylic acids is 1. The molecule has 0 aromatic heterocycles. The first-order chi connectivity index (χ1) is 14.3. The van der Waals surface area contributed by atoms with Crippen molar-refractivity contribution < 1.29 is 13.2 Å². The summed E-state index contributed by atoms with van der Waals surface area (Å²) in [6.45, 7) is 5.75. The molecule has 1 N–H and O–H groups in total. The van der Waals surface area contributed by atoms with Gasteiger partial charge in [-0.05, 0) is 62.9 Å². The standard InChI is InChI=1S/C23H31N3O3S/c1-18-7-13-22(14-8-18)30(28,29)25(3)17-23(27)24-19(2)20-9-11-21(12-10-20)26-15-5-4-6-16-26/h7-14,19H,4-6,15-17H2,1-3H3,(H,24,27). The molecule has 7 heteroatoms. The number of likely N-dealkylation sites (N-methyl/N-ethyl adjacent to an activating group) is 1. The number of nitrogens with zero attached hydrogens (tertiary/aromatic N) is 2. The predicted octanol–water partition coefficient (Wildman–Crippen LogP) is 3.48. The zero-order valence-electron chi connectivity index (χ0n) is 18.0. The fourth-order valence-corrected chi connectivity index (χ4v) is 4.80. The van der Waals surface area contributed by atoms with Crippen molar-refractivity contribution in [3.05, 3.63) is 59.7 Å². The van der Waals surface area contributed by atoms with Crippen molar-refractivity contribution in [2.75, 3.05) is 31.6 Å². The average molecular weight is 430 g/mol. The molecule has 1 amide bonds. The minimum Gasteiger partial charge on any atom is -0.372 e. The molecule has 1 heterocycles. The molecule has 1 unspecified atom stereocenters. The Labute approximate surface area is 179 Å². The highest BCUT2D eigenvalue weighted by molar-refractivity contribution is 7.89. The highest BCUT2D eigenvalue weighted by atomic mass is 32.2. The van der Waals surface area contributed by atoms with Crippen LogP contribution in [0, 0.1) is 6.92 Å². The van der Waals surface area contributed by atoms with Gasteiger partial charge in [0.05, 0.1) is 17.5 Å². The Morgan fingerprint density at radius 1 is 1.03 bits per heavy atom. The van der Waals surface area contributed by atoms with E-state index in [-0.39, 0.29) is 23.4 Å². The Bertz CT molecular complexity index is 950. The van der Waals surface area contributed by atoms with Crippen LogP contribution in [0.5, 0.6) is 0 Å². The first-order valence-corrected chi connectivity index (χ1v) is 11.9. The van der Waals surface area contributed by atoms with Crippen molar-refractivity contribution in [2.24, 2.45) is 0 Å². The van der Waals surface area contributed by atoms with E-state index in [1.807, 2.05) is 26.0 Å². The number of hydrogen-bond donors (Lipinski definition) is 1. The van der Waals surface area contributed by atoms with Crippen molar-refractivity contribution in [1.29, 1.82) is 0 Å². The van der Waals surface area contributed by atoms with Crippen molar-refractivity contribution in [3.8, 4) is 0 Å². The lowest BCUT2D eigenvalue weighted by Gasteiger charge is -2.29. The molecule has 0 saturated carbocycles. The van der Waals surface area contributed by atoms with E-state index < -0.39 is 10.0 Å². The average Bonchev–Trinajstić information content (AvgIpc) is 2.74. The smallest absolute Gasteiger partial charge is 0.243 e. The lowest BCUT2D eigenvalue weighted by molar-refractivity contribution is -0.121. The molecule has 1 atom stereocenters. The molecule has 1 fully saturated rings. The maximum atomic E-state index is 12.7. The molecule has 162 valence electrons. The third-order valence-corrected chi connectivity index (χ3v) is 7.40. The van der Waals surface area contributed by atoms with Gasteiger partial charge < -0.3 is 10.2 Å². The van der Waals surface area contributed by atoms with Gasteiger partial charge in [0.25, 0.3) is 0 Å². The number of sulfonamides is 1. The van der Waals surface area contributed by atoms with Gasteiger partial charge in [0.15, 0.2) is 0 Å². The second kappa shape index (κ2) is 9.62. The molecular formula is C23H31N3O3S. The van der Waals surface area contributed by atoms with E-state index in [4.69, 9.17) is 0 Å². The quantitative estimate of drug-likeness (QED) is 0.732. The lowest BCUT2D eigenvalue weighted by Crippen LogP contribution is -2.39. The molecule has 2 aromatic rings. The number of nitrogens with one attached hydrogen (secondary N) is 1. The number of aryl methyl sites for hydroxylation is 1. The van der Waals surface area contributed by atoms with Gasteiger partial charge in [-0.1, -0.05) is 29.8 Å². The van der Waals surface area contributed by atoms with Crippen LogP contribution in [0.4, 0.5) is 5.69 Å². The second-order valence-electron chi connectivity index (χ2n) is 8.00. The first-order valence-electron chi connectivity index (χ1n) is 10.4. The van der Waals surface area contributed by atoms with Gasteiger partial charge in [-0.2, -0.15) is 4.31 Å². The van der Waals surface area contributed by atoms with Crippen LogP contribution in [-0.2, 0) is 14.8 Å². The van der Waals surface area contributed by atoms with E-state index in [2.05, 4.69) is 22.3 Å². The summed E-state index contributed by atoms with van der Waals surface area (Å²) in [7, 11) is -2.28. The van der Waals surface area contributed by atoms with Gasteiger partial charge in [-0.25, -0.2) is 8.42 Å². The van der Waals surface area contributed by atoms with E-state index in [0.717, 1.165) is 28.5 Å². The van der Waals surface area contributed by atoms with Crippen LogP contribution in [0.1, 0.15) is 43.4 Å². The summed E-state index contributed by atoms with van der Waals surface area (Å²) < 4.78 is 26.4. The van der Waals surface area contributed by atoms with Gasteiger partial charge >= 0.3 is 0 Å². The number of hydrogen-bond acceptors (Lipinski definition) is 4. The maximum Gasteiger partial charge on any atom is 0.243 e. The zero-order chi connectivity index (χ0) is 21.7. The van der Waals surface area contributed by atoms with E-state index in [1.165, 1.54) is 32.0 Å². The number of rotatable bonds is 7. The Morgan fingerprint density at radius 2 is 1.63 bits per heavy atom. The molecule has 0 bridgehead atoms. The molecule has 1 aliphatic heterocycles. The molecule has 0 spiro atoms. The van der Waals surface area contributed by atoms with Crippen molar-refractivity contribution in [1.82, 2.24) is 9.62 Å². The second-order valence-corrected chi connectivity index (χ2v) is 10.0. The number of piperidine rings is 1. The van der Waals surface area contributed by atoms with E-state index in [1.54, 1.807) is 24.3 Å². The number of carbonyl (C=O) groups is 1. The fourth-order valence-electron chi connectivity index (χ4n) is 3.67. The molecule has 6 nitrogen and oxygen atoms in total. The van der Waals surface area contributed by atoms with E-state index in [9.17, 15) is 13.2 Å². The van der Waals surface area contributed by atoms with Crippen molar-refractivity contribution in [3.63, 3.8) is 0 Å².